The molecule has 1 saturated carbocycles. The van der Waals surface area contributed by atoms with E-state index in [1.165, 1.54) is 36.0 Å². The summed E-state index contributed by atoms with van der Waals surface area (Å²) in [6, 6.07) is 77.5. The first-order chi connectivity index (χ1) is 34.8. The molecule has 9 aromatic rings. The molecule has 0 atom stereocenters. The van der Waals surface area contributed by atoms with Crippen LogP contribution in [0.25, 0.3) is 44.5 Å². The summed E-state index contributed by atoms with van der Waals surface area (Å²) in [7, 11) is 0. The lowest BCUT2D eigenvalue weighted by Crippen LogP contribution is -2.19. The van der Waals surface area contributed by atoms with Gasteiger partial charge in [0.1, 0.15) is 0 Å². The molecule has 0 aliphatic heterocycles. The van der Waals surface area contributed by atoms with Crippen LogP contribution in [0.2, 0.25) is 10.0 Å². The molecule has 4 heteroatoms. The highest BCUT2D eigenvalue weighted by Gasteiger charge is 2.31. The van der Waals surface area contributed by atoms with Gasteiger partial charge in [-0.15, -0.1) is 0 Å². The van der Waals surface area contributed by atoms with E-state index < -0.39 is 0 Å². The molecule has 0 bridgehead atoms. The molecule has 10 rings (SSSR count). The second kappa shape index (κ2) is 20.7. The molecule has 1 fully saturated rings. The van der Waals surface area contributed by atoms with E-state index in [1.807, 2.05) is 12.1 Å². The van der Waals surface area contributed by atoms with E-state index in [-0.39, 0.29) is 10.8 Å². The molecule has 0 spiro atoms. The van der Waals surface area contributed by atoms with Gasteiger partial charge >= 0.3 is 0 Å². The van der Waals surface area contributed by atoms with Crippen LogP contribution < -0.4 is 9.80 Å². The maximum absolute atomic E-state index is 7.12. The van der Waals surface area contributed by atoms with Crippen molar-refractivity contribution in [2.24, 2.45) is 0 Å². The average Bonchev–Trinajstić information content (AvgIpc) is 3.39. The van der Waals surface area contributed by atoms with Gasteiger partial charge in [0.15, 0.2) is 0 Å². The summed E-state index contributed by atoms with van der Waals surface area (Å²) in [5.41, 5.74) is 19.0. The monoisotopic (exact) mass is 978 g/mol. The van der Waals surface area contributed by atoms with Crippen molar-refractivity contribution in [3.63, 3.8) is 0 Å². The summed E-state index contributed by atoms with van der Waals surface area (Å²) in [6.45, 7) is 13.9. The minimum absolute atomic E-state index is 0.131. The summed E-state index contributed by atoms with van der Waals surface area (Å²) in [5, 5.41) is 1.35. The number of benzene rings is 9. The number of rotatable bonds is 11. The van der Waals surface area contributed by atoms with Crippen molar-refractivity contribution < 1.29 is 0 Å². The zero-order valence-electron chi connectivity index (χ0n) is 42.5. The molecule has 0 aromatic heterocycles. The number of nitrogens with zero attached hydrogens (tertiary/aromatic N) is 2. The molecular weight excluding hydrogens is 916 g/mol. The Kier molecular flexibility index (Phi) is 14.0. The van der Waals surface area contributed by atoms with Gasteiger partial charge in [0, 0.05) is 55.0 Å². The summed E-state index contributed by atoms with van der Waals surface area (Å²) < 4.78 is 0. The predicted molar refractivity (Wildman–Crippen MR) is 311 cm³/mol. The van der Waals surface area contributed by atoms with Gasteiger partial charge in [-0.25, -0.2) is 0 Å². The van der Waals surface area contributed by atoms with Crippen molar-refractivity contribution in [1.29, 1.82) is 0 Å². The fourth-order valence-corrected chi connectivity index (χ4v) is 10.9. The topological polar surface area (TPSA) is 6.48 Å². The van der Waals surface area contributed by atoms with Gasteiger partial charge in [-0.1, -0.05) is 217 Å². The number of hydrogen-bond donors (Lipinski definition) is 0. The van der Waals surface area contributed by atoms with Gasteiger partial charge in [0.05, 0.1) is 11.4 Å². The van der Waals surface area contributed by atoms with Gasteiger partial charge in [-0.3, -0.25) is 0 Å². The van der Waals surface area contributed by atoms with Crippen LogP contribution >= 0.6 is 23.2 Å². The standard InChI is InChI=1S/C68H64Cl2N2/c1-67(2,3)53-40-61(48-26-14-8-15-27-48)65(62(41-53)49-28-16-9-17-29-49)71(57-36-22-34-55(69)44-57)59-38-52(47-24-12-7-13-25-47)39-60(46-59)72(58-37-23-35-56(70)45-58)66-63(50-30-18-10-19-31-50)42-54(68(4,5)6)43-64(66)51-32-20-11-21-33-51/h8-11,14-23,26-47H,7,12-13,24-25H2,1-6H3. The summed E-state index contributed by atoms with van der Waals surface area (Å²) in [6.07, 6.45) is 5.93. The first-order valence-corrected chi connectivity index (χ1v) is 26.4. The van der Waals surface area contributed by atoms with Crippen LogP contribution in [0.1, 0.15) is 96.3 Å². The quantitative estimate of drug-likeness (QED) is 0.127. The fourth-order valence-electron chi connectivity index (χ4n) is 10.6. The summed E-state index contributed by atoms with van der Waals surface area (Å²) in [4.78, 5) is 4.99. The van der Waals surface area contributed by atoms with Crippen LogP contribution in [0.5, 0.6) is 0 Å². The van der Waals surface area contributed by atoms with E-state index in [0.29, 0.717) is 16.0 Å². The molecule has 0 amide bonds. The molecule has 0 radical (unpaired) electrons. The molecule has 1 aliphatic carbocycles. The van der Waals surface area contributed by atoms with E-state index >= 15 is 0 Å². The largest absolute Gasteiger partial charge is 0.309 e. The molecule has 9 aromatic carbocycles. The SMILES string of the molecule is CC(C)(C)c1cc(-c2ccccc2)c(N(c2cccc(Cl)c2)c2cc(C3CCCCC3)cc(N(c3cccc(Cl)c3)c3c(-c4ccccc4)cc(C(C)(C)C)cc3-c3ccccc3)c2)c(-c2ccccc2)c1. The molecule has 2 nitrogen and oxygen atoms in total. The second-order valence-corrected chi connectivity index (χ2v) is 22.4. The van der Waals surface area contributed by atoms with Crippen LogP contribution in [0.3, 0.4) is 0 Å². The lowest BCUT2D eigenvalue weighted by Gasteiger charge is -2.36. The Morgan fingerprint density at radius 2 is 0.681 bits per heavy atom. The highest BCUT2D eigenvalue weighted by Crippen LogP contribution is 2.54. The molecule has 1 aliphatic rings. The molecule has 0 N–H and O–H groups in total. The highest BCUT2D eigenvalue weighted by molar-refractivity contribution is 6.31. The van der Waals surface area contributed by atoms with Crippen LogP contribution in [0.15, 0.2) is 212 Å². The predicted octanol–water partition coefficient (Wildman–Crippen LogP) is 21.2. The normalized spacial score (nSPS) is 13.2. The minimum Gasteiger partial charge on any atom is -0.309 e. The average molecular weight is 980 g/mol. The Labute approximate surface area is 438 Å². The maximum Gasteiger partial charge on any atom is 0.0618 e. The van der Waals surface area contributed by atoms with E-state index in [0.717, 1.165) is 91.5 Å². The summed E-state index contributed by atoms with van der Waals surface area (Å²) in [5.74, 6) is 0.371. The second-order valence-electron chi connectivity index (χ2n) is 21.6. The smallest absolute Gasteiger partial charge is 0.0618 e. The number of halogens is 2. The van der Waals surface area contributed by atoms with Gasteiger partial charge in [-0.2, -0.15) is 0 Å². The molecule has 72 heavy (non-hydrogen) atoms. The van der Waals surface area contributed by atoms with Crippen molar-refractivity contribution in [2.45, 2.75) is 90.4 Å². The Morgan fingerprint density at radius 3 is 0.986 bits per heavy atom. The Balaban J connectivity index is 1.36. The fraction of sp³-hybridized carbons (Fsp3) is 0.206. The van der Waals surface area contributed by atoms with Crippen molar-refractivity contribution in [3.05, 3.63) is 239 Å². The van der Waals surface area contributed by atoms with Crippen LogP contribution in [0.4, 0.5) is 34.1 Å². The first-order valence-electron chi connectivity index (χ1n) is 25.7. The van der Waals surface area contributed by atoms with Crippen molar-refractivity contribution in [2.75, 3.05) is 9.80 Å². The highest BCUT2D eigenvalue weighted by atomic mass is 35.5. The van der Waals surface area contributed by atoms with Crippen molar-refractivity contribution in [3.8, 4) is 44.5 Å². The zero-order valence-corrected chi connectivity index (χ0v) is 44.0. The Hall–Kier alpha value is -6.84. The third kappa shape index (κ3) is 10.4. The van der Waals surface area contributed by atoms with Crippen LogP contribution in [-0.2, 0) is 10.8 Å². The Bertz CT molecular complexity index is 2980. The van der Waals surface area contributed by atoms with E-state index in [4.69, 9.17) is 23.2 Å². The van der Waals surface area contributed by atoms with E-state index in [2.05, 4.69) is 252 Å². The number of hydrogen-bond acceptors (Lipinski definition) is 2. The lowest BCUT2D eigenvalue weighted by atomic mass is 9.81. The van der Waals surface area contributed by atoms with Crippen molar-refractivity contribution >= 4 is 57.3 Å². The van der Waals surface area contributed by atoms with Gasteiger partial charge < -0.3 is 9.80 Å². The van der Waals surface area contributed by atoms with Crippen molar-refractivity contribution in [1.82, 2.24) is 0 Å². The van der Waals surface area contributed by atoms with Crippen LogP contribution in [-0.4, -0.2) is 0 Å². The third-order valence-corrected chi connectivity index (χ3v) is 14.9. The molecule has 360 valence electrons. The molecule has 0 heterocycles. The zero-order chi connectivity index (χ0) is 50.0. The van der Waals surface area contributed by atoms with Gasteiger partial charge in [0.2, 0.25) is 0 Å². The molecular formula is C68H64Cl2N2. The molecule has 0 saturated heterocycles. The maximum atomic E-state index is 7.12. The first kappa shape index (κ1) is 48.8. The number of anilines is 6. The van der Waals surface area contributed by atoms with E-state index in [1.54, 1.807) is 0 Å². The van der Waals surface area contributed by atoms with Gasteiger partial charge in [-0.05, 0) is 147 Å². The van der Waals surface area contributed by atoms with Gasteiger partial charge in [0.25, 0.3) is 0 Å². The third-order valence-electron chi connectivity index (χ3n) is 14.4. The van der Waals surface area contributed by atoms with E-state index in [9.17, 15) is 0 Å². The summed E-state index contributed by atoms with van der Waals surface area (Å²) >= 11 is 14.2. The van der Waals surface area contributed by atoms with Crippen LogP contribution in [0, 0.1) is 0 Å². The lowest BCUT2D eigenvalue weighted by molar-refractivity contribution is 0.444. The minimum atomic E-state index is -0.131. The molecule has 0 unspecified atom stereocenters. The Morgan fingerprint density at radius 1 is 0.347 bits per heavy atom.